The molecule has 1 fully saturated rings. The number of terminal acetylenes is 1. The molecule has 1 aliphatic carbocycles. The summed E-state index contributed by atoms with van der Waals surface area (Å²) < 4.78 is 10.8. The van der Waals surface area contributed by atoms with E-state index in [1.165, 1.54) is 19.3 Å². The first kappa shape index (κ1) is 27.8. The second kappa shape index (κ2) is 13.0. The fourth-order valence-electron chi connectivity index (χ4n) is 4.96. The van der Waals surface area contributed by atoms with Crippen molar-refractivity contribution in [1.29, 1.82) is 0 Å². The average Bonchev–Trinajstić information content (AvgIpc) is 2.92. The number of nitrogens with one attached hydrogen (secondary N) is 2. The number of benzene rings is 2. The van der Waals surface area contributed by atoms with Crippen LogP contribution in [0.1, 0.15) is 51.4 Å². The molecule has 1 aliphatic rings. The van der Waals surface area contributed by atoms with Crippen molar-refractivity contribution in [3.8, 4) is 35.0 Å². The van der Waals surface area contributed by atoms with Gasteiger partial charge in [0.15, 0.2) is 0 Å². The van der Waals surface area contributed by atoms with Crippen molar-refractivity contribution in [2.75, 3.05) is 19.5 Å². The van der Waals surface area contributed by atoms with Gasteiger partial charge in [0.2, 0.25) is 5.95 Å². The van der Waals surface area contributed by atoms with E-state index in [1.807, 2.05) is 18.2 Å². The highest BCUT2D eigenvalue weighted by molar-refractivity contribution is 6.41. The van der Waals surface area contributed by atoms with Gasteiger partial charge >= 0.3 is 0 Å². The number of rotatable bonds is 6. The summed E-state index contributed by atoms with van der Waals surface area (Å²) in [6.45, 7) is 0. The highest BCUT2D eigenvalue weighted by Crippen LogP contribution is 2.46. The lowest BCUT2D eigenvalue weighted by Crippen LogP contribution is -2.39. The number of carbonyl (C=O) groups is 1. The fourth-order valence-corrected chi connectivity index (χ4v) is 5.68. The Morgan fingerprint density at radius 2 is 1.66 bits per heavy atom. The van der Waals surface area contributed by atoms with Crippen molar-refractivity contribution in [1.82, 2.24) is 15.3 Å². The van der Waals surface area contributed by atoms with Crippen LogP contribution in [0.5, 0.6) is 11.5 Å². The van der Waals surface area contributed by atoms with Crippen LogP contribution in [0.4, 0.5) is 5.95 Å². The van der Waals surface area contributed by atoms with Gasteiger partial charge in [-0.1, -0.05) is 61.4 Å². The summed E-state index contributed by atoms with van der Waals surface area (Å²) >= 11 is 13.2. The Balaban J connectivity index is 1.59. The van der Waals surface area contributed by atoms with Crippen molar-refractivity contribution in [2.24, 2.45) is 0 Å². The second-order valence-electron chi connectivity index (χ2n) is 9.49. The van der Waals surface area contributed by atoms with E-state index < -0.39 is 0 Å². The predicted molar refractivity (Wildman–Crippen MR) is 153 cm³/mol. The predicted octanol–water partition coefficient (Wildman–Crippen LogP) is 6.65. The number of hydrogen-bond acceptors (Lipinski definition) is 6. The summed E-state index contributed by atoms with van der Waals surface area (Å²) in [6.07, 6.45) is 15.5. The molecule has 2 aromatic carbocycles. The van der Waals surface area contributed by atoms with Crippen molar-refractivity contribution in [3.63, 3.8) is 0 Å². The summed E-state index contributed by atoms with van der Waals surface area (Å²) in [5.74, 6) is 3.30. The lowest BCUT2D eigenvalue weighted by atomic mass is 9.94. The molecule has 2 N–H and O–H groups in total. The molecule has 0 radical (unpaired) electrons. The Bertz CT molecular complexity index is 1310. The molecule has 0 spiro atoms. The first-order valence-corrected chi connectivity index (χ1v) is 13.6. The van der Waals surface area contributed by atoms with Crippen LogP contribution >= 0.6 is 23.2 Å². The minimum Gasteiger partial charge on any atom is -0.495 e. The standard InChI is InChI=1S/C29H32Cl2N4O3/c1-4-25(36)33-20-10-8-6-5-7-9-11-21(15-20)34-29-32-17-19-14-18(12-13-22(19)35-29)26-27(30)23(37-2)16-24(38-3)28(26)31/h1,12-14,16-17,20-21H,5-11,15H2,2-3H3,(H,33,36)(H,32,34,35)/t20-,21+/m0/s1. The largest absolute Gasteiger partial charge is 0.495 e. The molecular formula is C29H32Cl2N4O3. The molecule has 1 saturated carbocycles. The van der Waals surface area contributed by atoms with Gasteiger partial charge in [-0.3, -0.25) is 4.79 Å². The van der Waals surface area contributed by atoms with Crippen LogP contribution in [0.3, 0.4) is 0 Å². The molecule has 1 heterocycles. The van der Waals surface area contributed by atoms with Crippen molar-refractivity contribution in [3.05, 3.63) is 40.5 Å². The zero-order chi connectivity index (χ0) is 27.1. The third kappa shape index (κ3) is 6.61. The Morgan fingerprint density at radius 1 is 1.00 bits per heavy atom. The Morgan fingerprint density at radius 3 is 2.32 bits per heavy atom. The second-order valence-corrected chi connectivity index (χ2v) is 10.2. The molecule has 7 nitrogen and oxygen atoms in total. The van der Waals surface area contributed by atoms with Crippen LogP contribution in [-0.4, -0.2) is 42.2 Å². The molecule has 0 saturated heterocycles. The maximum Gasteiger partial charge on any atom is 0.295 e. The molecule has 200 valence electrons. The Labute approximate surface area is 233 Å². The van der Waals surface area contributed by atoms with Crippen LogP contribution < -0.4 is 20.1 Å². The quantitative estimate of drug-likeness (QED) is 0.331. The van der Waals surface area contributed by atoms with E-state index in [0.717, 1.165) is 48.6 Å². The number of amides is 1. The molecule has 3 aromatic rings. The van der Waals surface area contributed by atoms with Gasteiger partial charge < -0.3 is 20.1 Å². The number of methoxy groups -OCH3 is 2. The topological polar surface area (TPSA) is 85.4 Å². The fraction of sp³-hybridized carbons (Fsp3) is 0.414. The van der Waals surface area contributed by atoms with Gasteiger partial charge in [-0.15, -0.1) is 6.42 Å². The van der Waals surface area contributed by atoms with E-state index in [2.05, 4.69) is 21.5 Å². The monoisotopic (exact) mass is 554 g/mol. The molecular weight excluding hydrogens is 523 g/mol. The molecule has 1 amide bonds. The van der Waals surface area contributed by atoms with Crippen molar-refractivity contribution in [2.45, 2.75) is 63.5 Å². The number of nitrogens with zero attached hydrogens (tertiary/aromatic N) is 2. The van der Waals surface area contributed by atoms with Crippen LogP contribution in [-0.2, 0) is 4.79 Å². The molecule has 38 heavy (non-hydrogen) atoms. The van der Waals surface area contributed by atoms with E-state index in [-0.39, 0.29) is 18.0 Å². The van der Waals surface area contributed by atoms with Gasteiger partial charge in [-0.2, -0.15) is 0 Å². The molecule has 0 aliphatic heterocycles. The lowest BCUT2D eigenvalue weighted by molar-refractivity contribution is -0.116. The van der Waals surface area contributed by atoms with Gasteiger partial charge in [-0.05, 0) is 42.9 Å². The zero-order valence-corrected chi connectivity index (χ0v) is 23.2. The Hall–Kier alpha value is -3.21. The summed E-state index contributed by atoms with van der Waals surface area (Å²) in [4.78, 5) is 21.2. The third-order valence-electron chi connectivity index (χ3n) is 6.92. The summed E-state index contributed by atoms with van der Waals surface area (Å²) in [6, 6.07) is 7.58. The number of fused-ring (bicyclic) bond motifs is 1. The summed E-state index contributed by atoms with van der Waals surface area (Å²) in [5.41, 5.74) is 2.20. The lowest BCUT2D eigenvalue weighted by Gasteiger charge is -2.26. The van der Waals surface area contributed by atoms with Gasteiger partial charge in [0.25, 0.3) is 5.91 Å². The molecule has 2 atom stereocenters. The highest BCUT2D eigenvalue weighted by Gasteiger charge is 2.21. The van der Waals surface area contributed by atoms with Crippen molar-refractivity contribution < 1.29 is 14.3 Å². The number of aromatic nitrogens is 2. The number of carbonyl (C=O) groups excluding carboxylic acids is 1. The van der Waals surface area contributed by atoms with Gasteiger partial charge in [0.05, 0.1) is 29.8 Å². The van der Waals surface area contributed by atoms with Gasteiger partial charge in [0, 0.05) is 35.3 Å². The van der Waals surface area contributed by atoms with E-state index in [4.69, 9.17) is 44.1 Å². The molecule has 0 unspecified atom stereocenters. The average molecular weight is 556 g/mol. The van der Waals surface area contributed by atoms with Crippen LogP contribution in [0, 0.1) is 12.3 Å². The van der Waals surface area contributed by atoms with Crippen molar-refractivity contribution >= 4 is 46.0 Å². The molecule has 0 bridgehead atoms. The normalized spacial score (nSPS) is 18.3. The van der Waals surface area contributed by atoms with E-state index >= 15 is 0 Å². The first-order valence-electron chi connectivity index (χ1n) is 12.8. The maximum absolute atomic E-state index is 11.9. The number of anilines is 1. The first-order chi connectivity index (χ1) is 18.4. The SMILES string of the molecule is C#CC(=O)N[C@H]1CCCCCCC[C@@H](Nc2ncc3cc(-c4c(Cl)c(OC)cc(OC)c4Cl)ccc3n2)C1. The number of ether oxygens (including phenoxy) is 2. The number of hydrogen-bond donors (Lipinski definition) is 2. The smallest absolute Gasteiger partial charge is 0.295 e. The number of halogens is 2. The van der Waals surface area contributed by atoms with Gasteiger partial charge in [0.1, 0.15) is 11.5 Å². The summed E-state index contributed by atoms with van der Waals surface area (Å²) in [5, 5.41) is 8.13. The third-order valence-corrected chi connectivity index (χ3v) is 7.67. The van der Waals surface area contributed by atoms with Crippen LogP contribution in [0.25, 0.3) is 22.0 Å². The van der Waals surface area contributed by atoms with Crippen LogP contribution in [0.2, 0.25) is 10.0 Å². The Kier molecular flexibility index (Phi) is 9.54. The van der Waals surface area contributed by atoms with E-state index in [1.54, 1.807) is 26.5 Å². The zero-order valence-electron chi connectivity index (χ0n) is 21.7. The molecule has 9 heteroatoms. The van der Waals surface area contributed by atoms with Gasteiger partial charge in [-0.25, -0.2) is 9.97 Å². The highest BCUT2D eigenvalue weighted by atomic mass is 35.5. The molecule has 4 rings (SSSR count). The van der Waals surface area contributed by atoms with E-state index in [0.29, 0.717) is 33.1 Å². The van der Waals surface area contributed by atoms with Crippen LogP contribution in [0.15, 0.2) is 30.5 Å². The summed E-state index contributed by atoms with van der Waals surface area (Å²) in [7, 11) is 3.09. The maximum atomic E-state index is 11.9. The minimum atomic E-state index is -0.363. The molecule has 1 aromatic heterocycles. The minimum absolute atomic E-state index is 0.0199. The van der Waals surface area contributed by atoms with E-state index in [9.17, 15) is 4.79 Å².